The highest BCUT2D eigenvalue weighted by molar-refractivity contribution is 7.89. The van der Waals surface area contributed by atoms with Gasteiger partial charge in [0.2, 0.25) is 10.0 Å². The lowest BCUT2D eigenvalue weighted by Gasteiger charge is -2.20. The SMILES string of the molecule is CCN(Cc1ccncc1)S(=O)(=O)c1ccsc1CNC. The predicted molar refractivity (Wildman–Crippen MR) is 84.6 cm³/mol. The monoisotopic (exact) mass is 325 g/mol. The molecule has 0 aromatic carbocycles. The molecule has 2 aromatic heterocycles. The van der Waals surface area contributed by atoms with E-state index in [0.29, 0.717) is 24.5 Å². The highest BCUT2D eigenvalue weighted by atomic mass is 32.2. The third-order valence-electron chi connectivity index (χ3n) is 3.12. The average molecular weight is 325 g/mol. The normalized spacial score (nSPS) is 12.0. The summed E-state index contributed by atoms with van der Waals surface area (Å²) in [7, 11) is -1.67. The number of pyridine rings is 1. The first-order chi connectivity index (χ1) is 10.1. The van der Waals surface area contributed by atoms with Crippen LogP contribution in [0, 0.1) is 0 Å². The topological polar surface area (TPSA) is 62.3 Å². The first kappa shape index (κ1) is 16.1. The van der Waals surface area contributed by atoms with Gasteiger partial charge in [-0.05, 0) is 36.2 Å². The highest BCUT2D eigenvalue weighted by Crippen LogP contribution is 2.26. The van der Waals surface area contributed by atoms with Crippen molar-refractivity contribution in [3.63, 3.8) is 0 Å². The molecular weight excluding hydrogens is 306 g/mol. The Hall–Kier alpha value is -1.28. The number of nitrogens with zero attached hydrogens (tertiary/aromatic N) is 2. The van der Waals surface area contributed by atoms with Gasteiger partial charge in [0.15, 0.2) is 0 Å². The summed E-state index contributed by atoms with van der Waals surface area (Å²) in [6.07, 6.45) is 3.35. The predicted octanol–water partition coefficient (Wildman–Crippen LogP) is 2.07. The molecule has 0 saturated carbocycles. The summed E-state index contributed by atoms with van der Waals surface area (Å²) in [5.74, 6) is 0. The van der Waals surface area contributed by atoms with E-state index in [4.69, 9.17) is 0 Å². The molecule has 0 radical (unpaired) electrons. The number of thiophene rings is 1. The van der Waals surface area contributed by atoms with Crippen LogP contribution in [0.1, 0.15) is 17.4 Å². The number of nitrogens with one attached hydrogen (secondary N) is 1. The Balaban J connectivity index is 2.29. The van der Waals surface area contributed by atoms with Gasteiger partial charge >= 0.3 is 0 Å². The van der Waals surface area contributed by atoms with Crippen molar-refractivity contribution >= 4 is 21.4 Å². The van der Waals surface area contributed by atoms with E-state index in [-0.39, 0.29) is 0 Å². The Morgan fingerprint density at radius 1 is 1.29 bits per heavy atom. The van der Waals surface area contributed by atoms with Crippen LogP contribution in [0.3, 0.4) is 0 Å². The van der Waals surface area contributed by atoms with Gasteiger partial charge in [-0.2, -0.15) is 4.31 Å². The van der Waals surface area contributed by atoms with E-state index in [1.54, 1.807) is 18.5 Å². The fourth-order valence-corrected chi connectivity index (χ4v) is 4.91. The Bertz CT molecular complexity index is 669. The minimum atomic E-state index is -3.48. The zero-order valence-electron chi connectivity index (χ0n) is 12.1. The van der Waals surface area contributed by atoms with Gasteiger partial charge in [-0.25, -0.2) is 8.42 Å². The number of rotatable bonds is 7. The minimum Gasteiger partial charge on any atom is -0.315 e. The number of aromatic nitrogens is 1. The fraction of sp³-hybridized carbons (Fsp3) is 0.357. The largest absolute Gasteiger partial charge is 0.315 e. The molecule has 114 valence electrons. The molecule has 0 aliphatic rings. The van der Waals surface area contributed by atoms with Gasteiger partial charge in [-0.1, -0.05) is 6.92 Å². The van der Waals surface area contributed by atoms with E-state index in [2.05, 4.69) is 10.3 Å². The summed E-state index contributed by atoms with van der Waals surface area (Å²) in [4.78, 5) is 5.19. The van der Waals surface area contributed by atoms with Crippen molar-refractivity contribution in [3.8, 4) is 0 Å². The molecule has 2 rings (SSSR count). The summed E-state index contributed by atoms with van der Waals surface area (Å²) in [6, 6.07) is 5.35. The minimum absolute atomic E-state index is 0.357. The molecule has 0 amide bonds. The van der Waals surface area contributed by atoms with Crippen LogP contribution >= 0.6 is 11.3 Å². The summed E-state index contributed by atoms with van der Waals surface area (Å²) in [5.41, 5.74) is 0.931. The van der Waals surface area contributed by atoms with Crippen LogP contribution in [0.4, 0.5) is 0 Å². The van der Waals surface area contributed by atoms with E-state index < -0.39 is 10.0 Å². The maximum absolute atomic E-state index is 12.8. The molecule has 21 heavy (non-hydrogen) atoms. The van der Waals surface area contributed by atoms with Gasteiger partial charge < -0.3 is 5.32 Å². The second-order valence-electron chi connectivity index (χ2n) is 4.53. The molecule has 2 aromatic rings. The molecule has 0 bridgehead atoms. The molecule has 0 aliphatic carbocycles. The summed E-state index contributed by atoms with van der Waals surface area (Å²) in [6.45, 7) is 3.19. The fourth-order valence-electron chi connectivity index (χ4n) is 2.05. The third-order valence-corrected chi connectivity index (χ3v) is 6.18. The number of hydrogen-bond acceptors (Lipinski definition) is 5. The van der Waals surface area contributed by atoms with E-state index in [1.807, 2.05) is 31.5 Å². The summed E-state index contributed by atoms with van der Waals surface area (Å²) < 4.78 is 27.1. The van der Waals surface area contributed by atoms with Crippen molar-refractivity contribution in [2.24, 2.45) is 0 Å². The molecule has 1 N–H and O–H groups in total. The molecule has 5 nitrogen and oxygen atoms in total. The molecule has 0 saturated heterocycles. The first-order valence-electron chi connectivity index (χ1n) is 6.69. The molecule has 0 atom stereocenters. The number of sulfonamides is 1. The van der Waals surface area contributed by atoms with E-state index >= 15 is 0 Å². The van der Waals surface area contributed by atoms with E-state index in [1.165, 1.54) is 15.6 Å². The lowest BCUT2D eigenvalue weighted by Crippen LogP contribution is -2.31. The van der Waals surface area contributed by atoms with E-state index in [0.717, 1.165) is 10.4 Å². The average Bonchev–Trinajstić information content (AvgIpc) is 2.95. The van der Waals surface area contributed by atoms with Gasteiger partial charge in [0, 0.05) is 36.9 Å². The van der Waals surface area contributed by atoms with Crippen LogP contribution in [0.2, 0.25) is 0 Å². The number of hydrogen-bond donors (Lipinski definition) is 1. The summed E-state index contributed by atoms with van der Waals surface area (Å²) >= 11 is 1.46. The van der Waals surface area contributed by atoms with Crippen molar-refractivity contribution in [3.05, 3.63) is 46.4 Å². The van der Waals surface area contributed by atoms with Crippen LogP contribution in [0.5, 0.6) is 0 Å². The van der Waals surface area contributed by atoms with Gasteiger partial charge in [0.1, 0.15) is 0 Å². The molecule has 0 aliphatic heterocycles. The Labute approximate surface area is 129 Å². The summed E-state index contributed by atoms with van der Waals surface area (Å²) in [5, 5.41) is 4.83. The second-order valence-corrected chi connectivity index (χ2v) is 7.43. The van der Waals surface area contributed by atoms with Crippen LogP contribution in [-0.4, -0.2) is 31.3 Å². The lowest BCUT2D eigenvalue weighted by atomic mass is 10.3. The zero-order valence-corrected chi connectivity index (χ0v) is 13.7. The van der Waals surface area contributed by atoms with Gasteiger partial charge in [-0.15, -0.1) is 11.3 Å². The van der Waals surface area contributed by atoms with Crippen LogP contribution in [0.15, 0.2) is 40.9 Å². The smallest absolute Gasteiger partial charge is 0.244 e. The van der Waals surface area contributed by atoms with Gasteiger partial charge in [0.05, 0.1) is 4.90 Å². The zero-order chi connectivity index (χ0) is 15.3. The quantitative estimate of drug-likeness (QED) is 0.846. The highest BCUT2D eigenvalue weighted by Gasteiger charge is 2.26. The van der Waals surface area contributed by atoms with Crippen molar-refractivity contribution in [1.29, 1.82) is 0 Å². The molecule has 0 spiro atoms. The standard InChI is InChI=1S/C14H19N3O2S2/c1-3-17(11-12-4-7-16-8-5-12)21(18,19)14-6-9-20-13(14)10-15-2/h4-9,15H,3,10-11H2,1-2H3. The van der Waals surface area contributed by atoms with Gasteiger partial charge in [0.25, 0.3) is 0 Å². The Morgan fingerprint density at radius 3 is 2.62 bits per heavy atom. The van der Waals surface area contributed by atoms with Crippen molar-refractivity contribution < 1.29 is 8.42 Å². The third kappa shape index (κ3) is 3.68. The molecule has 2 heterocycles. The van der Waals surface area contributed by atoms with Crippen LogP contribution in [0.25, 0.3) is 0 Å². The van der Waals surface area contributed by atoms with E-state index in [9.17, 15) is 8.42 Å². The van der Waals surface area contributed by atoms with Crippen LogP contribution in [-0.2, 0) is 23.1 Å². The molecule has 0 fully saturated rings. The molecular formula is C14H19N3O2S2. The van der Waals surface area contributed by atoms with Gasteiger partial charge in [-0.3, -0.25) is 4.98 Å². The maximum atomic E-state index is 12.8. The Kier molecular flexibility index (Phi) is 5.46. The molecule has 0 unspecified atom stereocenters. The Morgan fingerprint density at radius 2 is 2.00 bits per heavy atom. The first-order valence-corrected chi connectivity index (χ1v) is 9.01. The second kappa shape index (κ2) is 7.13. The molecule has 7 heteroatoms. The van der Waals surface area contributed by atoms with Crippen molar-refractivity contribution in [2.45, 2.75) is 24.9 Å². The van der Waals surface area contributed by atoms with Crippen molar-refractivity contribution in [2.75, 3.05) is 13.6 Å². The van der Waals surface area contributed by atoms with Crippen LogP contribution < -0.4 is 5.32 Å². The maximum Gasteiger partial charge on any atom is 0.244 e. The van der Waals surface area contributed by atoms with Crippen molar-refractivity contribution in [1.82, 2.24) is 14.6 Å². The lowest BCUT2D eigenvalue weighted by molar-refractivity contribution is 0.423.